The maximum Gasteiger partial charge on any atom is 0.116 e. The largest absolute Gasteiger partial charge is 0.255 e. The van der Waals surface area contributed by atoms with E-state index in [0.717, 1.165) is 55.3 Å². The van der Waals surface area contributed by atoms with Crippen molar-refractivity contribution in [3.8, 4) is 11.4 Å². The molecule has 0 unspecified atom stereocenters. The van der Waals surface area contributed by atoms with Gasteiger partial charge in [-0.1, -0.05) is 18.2 Å². The Kier molecular flexibility index (Phi) is 3.10. The summed E-state index contributed by atoms with van der Waals surface area (Å²) in [5.74, 6) is 0. The van der Waals surface area contributed by atoms with Crippen LogP contribution < -0.4 is 0 Å². The zero-order chi connectivity index (χ0) is 18.5. The van der Waals surface area contributed by atoms with Gasteiger partial charge in [-0.3, -0.25) is 9.97 Å². The van der Waals surface area contributed by atoms with Gasteiger partial charge in [-0.2, -0.15) is 0 Å². The van der Waals surface area contributed by atoms with Gasteiger partial charge >= 0.3 is 0 Å². The maximum atomic E-state index is 4.93. The second-order valence-corrected chi connectivity index (χ2v) is 6.62. The molecule has 28 heavy (non-hydrogen) atoms. The summed E-state index contributed by atoms with van der Waals surface area (Å²) >= 11 is 0. The van der Waals surface area contributed by atoms with Crippen LogP contribution in [0.1, 0.15) is 0 Å². The summed E-state index contributed by atoms with van der Waals surface area (Å²) in [4.78, 5) is 23.8. The quantitative estimate of drug-likeness (QED) is 0.307. The van der Waals surface area contributed by atoms with E-state index in [9.17, 15) is 0 Å². The Hall–Kier alpha value is -3.99. The summed E-state index contributed by atoms with van der Waals surface area (Å²) in [5.41, 5.74) is 6.63. The van der Waals surface area contributed by atoms with Crippen molar-refractivity contribution in [3.05, 3.63) is 79.1 Å². The van der Waals surface area contributed by atoms with Gasteiger partial charge in [0.05, 0.1) is 27.9 Å². The van der Waals surface area contributed by atoms with Crippen molar-refractivity contribution in [1.29, 1.82) is 0 Å². The molecule has 4 heterocycles. The third-order valence-electron chi connectivity index (χ3n) is 4.94. The highest BCUT2D eigenvalue weighted by atomic mass is 14.9. The minimum Gasteiger partial charge on any atom is -0.255 e. The van der Waals surface area contributed by atoms with E-state index >= 15 is 0 Å². The molecule has 0 radical (unpaired) electrons. The average molecular weight is 359 g/mol. The Labute approximate surface area is 159 Å². The number of nitrogens with zero attached hydrogens (tertiary/aromatic N) is 5. The summed E-state index contributed by atoms with van der Waals surface area (Å²) in [7, 11) is 0. The van der Waals surface area contributed by atoms with Gasteiger partial charge in [0, 0.05) is 23.2 Å². The standard InChI is InChI=1S/C23H13N5/c1-2-9-18-17(8-1)26-21-14-6-5-13-25-20(14)15-10-11-19(16-7-3-4-12-24-16)27-22(15)23(21)28-18/h1-13H. The summed E-state index contributed by atoms with van der Waals surface area (Å²) in [6.45, 7) is 0. The van der Waals surface area contributed by atoms with Gasteiger partial charge < -0.3 is 0 Å². The van der Waals surface area contributed by atoms with Gasteiger partial charge in [0.2, 0.25) is 0 Å². The second-order valence-electron chi connectivity index (χ2n) is 6.62. The van der Waals surface area contributed by atoms with Gasteiger partial charge in [0.25, 0.3) is 0 Å². The van der Waals surface area contributed by atoms with E-state index in [1.807, 2.05) is 60.7 Å². The third kappa shape index (κ3) is 2.16. The predicted octanol–water partition coefficient (Wildman–Crippen LogP) is 4.94. The van der Waals surface area contributed by atoms with Crippen LogP contribution in [0, 0.1) is 0 Å². The number of hydrogen-bond donors (Lipinski definition) is 0. The molecular formula is C23H13N5. The monoisotopic (exact) mass is 359 g/mol. The number of aromatic nitrogens is 5. The first-order valence-electron chi connectivity index (χ1n) is 9.04. The highest BCUT2D eigenvalue weighted by Gasteiger charge is 2.15. The van der Waals surface area contributed by atoms with Crippen LogP contribution in [-0.4, -0.2) is 24.9 Å². The van der Waals surface area contributed by atoms with E-state index in [1.165, 1.54) is 0 Å². The summed E-state index contributed by atoms with van der Waals surface area (Å²) in [6.07, 6.45) is 3.57. The molecular weight excluding hydrogens is 346 g/mol. The van der Waals surface area contributed by atoms with Gasteiger partial charge in [-0.15, -0.1) is 0 Å². The molecule has 0 bridgehead atoms. The van der Waals surface area contributed by atoms with Gasteiger partial charge in [-0.25, -0.2) is 15.0 Å². The zero-order valence-corrected chi connectivity index (χ0v) is 14.7. The third-order valence-corrected chi connectivity index (χ3v) is 4.94. The molecule has 2 aromatic carbocycles. The van der Waals surface area contributed by atoms with Crippen molar-refractivity contribution in [1.82, 2.24) is 24.9 Å². The lowest BCUT2D eigenvalue weighted by Gasteiger charge is -2.10. The summed E-state index contributed by atoms with van der Waals surface area (Å²) in [6, 6.07) is 21.7. The molecule has 5 heteroatoms. The molecule has 6 rings (SSSR count). The number of para-hydroxylation sites is 2. The highest BCUT2D eigenvalue weighted by molar-refractivity contribution is 6.21. The van der Waals surface area contributed by atoms with Crippen LogP contribution in [0.15, 0.2) is 79.1 Å². The first-order valence-corrected chi connectivity index (χ1v) is 9.04. The number of rotatable bonds is 1. The Balaban J connectivity index is 1.83. The SMILES string of the molecule is c1ccc(-c2ccc3c4ncccc4c4nc5ccccc5nc4c3n2)nc1. The van der Waals surface area contributed by atoms with E-state index in [-0.39, 0.29) is 0 Å². The second kappa shape index (κ2) is 5.76. The average Bonchev–Trinajstić information content (AvgIpc) is 2.78. The molecule has 0 aliphatic rings. The van der Waals surface area contributed by atoms with Crippen molar-refractivity contribution in [2.75, 3.05) is 0 Å². The lowest BCUT2D eigenvalue weighted by molar-refractivity contribution is 1.27. The van der Waals surface area contributed by atoms with Crippen LogP contribution in [0.2, 0.25) is 0 Å². The number of benzene rings is 2. The lowest BCUT2D eigenvalue weighted by atomic mass is 10.1. The van der Waals surface area contributed by atoms with E-state index in [4.69, 9.17) is 15.0 Å². The maximum absolute atomic E-state index is 4.93. The van der Waals surface area contributed by atoms with Gasteiger partial charge in [-0.05, 0) is 48.5 Å². The minimum absolute atomic E-state index is 0.784. The van der Waals surface area contributed by atoms with Crippen LogP contribution >= 0.6 is 0 Å². The van der Waals surface area contributed by atoms with Crippen LogP contribution in [-0.2, 0) is 0 Å². The molecule has 0 spiro atoms. The van der Waals surface area contributed by atoms with Crippen molar-refractivity contribution >= 4 is 43.9 Å². The van der Waals surface area contributed by atoms with Crippen LogP contribution in [0.3, 0.4) is 0 Å². The smallest absolute Gasteiger partial charge is 0.116 e. The fourth-order valence-electron chi connectivity index (χ4n) is 3.65. The molecule has 5 nitrogen and oxygen atoms in total. The Bertz CT molecular complexity index is 1510. The molecule has 0 saturated carbocycles. The molecule has 0 N–H and O–H groups in total. The fourth-order valence-corrected chi connectivity index (χ4v) is 3.65. The topological polar surface area (TPSA) is 64.5 Å². The van der Waals surface area contributed by atoms with Crippen molar-refractivity contribution in [3.63, 3.8) is 0 Å². The normalized spacial score (nSPS) is 11.6. The van der Waals surface area contributed by atoms with Crippen molar-refractivity contribution in [2.24, 2.45) is 0 Å². The number of hydrogen-bond acceptors (Lipinski definition) is 5. The van der Waals surface area contributed by atoms with E-state index in [1.54, 1.807) is 12.4 Å². The van der Waals surface area contributed by atoms with E-state index < -0.39 is 0 Å². The molecule has 0 saturated heterocycles. The molecule has 0 amide bonds. The molecule has 6 aromatic rings. The Morgan fingerprint density at radius 1 is 0.429 bits per heavy atom. The van der Waals surface area contributed by atoms with Crippen molar-refractivity contribution < 1.29 is 0 Å². The molecule has 4 aromatic heterocycles. The minimum atomic E-state index is 0.784. The Morgan fingerprint density at radius 2 is 1.14 bits per heavy atom. The lowest BCUT2D eigenvalue weighted by Crippen LogP contribution is -1.95. The zero-order valence-electron chi connectivity index (χ0n) is 14.7. The molecule has 130 valence electrons. The van der Waals surface area contributed by atoms with Crippen LogP contribution in [0.4, 0.5) is 0 Å². The van der Waals surface area contributed by atoms with Crippen LogP contribution in [0.25, 0.3) is 55.3 Å². The number of pyridine rings is 3. The first-order chi connectivity index (χ1) is 13.9. The van der Waals surface area contributed by atoms with Crippen LogP contribution in [0.5, 0.6) is 0 Å². The first kappa shape index (κ1) is 15.1. The van der Waals surface area contributed by atoms with E-state index in [0.29, 0.717) is 0 Å². The molecule has 0 aliphatic heterocycles. The predicted molar refractivity (Wildman–Crippen MR) is 111 cm³/mol. The molecule has 0 atom stereocenters. The van der Waals surface area contributed by atoms with E-state index in [2.05, 4.69) is 16.0 Å². The number of fused-ring (bicyclic) bond motifs is 7. The molecule has 0 fully saturated rings. The summed E-state index contributed by atoms with van der Waals surface area (Å²) in [5, 5.41) is 1.95. The molecule has 0 aliphatic carbocycles. The Morgan fingerprint density at radius 3 is 1.96 bits per heavy atom. The fraction of sp³-hybridized carbons (Fsp3) is 0. The van der Waals surface area contributed by atoms with Crippen molar-refractivity contribution in [2.45, 2.75) is 0 Å². The summed E-state index contributed by atoms with van der Waals surface area (Å²) < 4.78 is 0. The van der Waals surface area contributed by atoms with Gasteiger partial charge in [0.15, 0.2) is 0 Å². The van der Waals surface area contributed by atoms with Gasteiger partial charge in [0.1, 0.15) is 16.6 Å². The highest BCUT2D eigenvalue weighted by Crippen LogP contribution is 2.33.